The molecule has 0 aliphatic carbocycles. The Bertz CT molecular complexity index is 468. The predicted molar refractivity (Wildman–Crippen MR) is 111 cm³/mol. The zero-order valence-electron chi connectivity index (χ0n) is 15.9. The number of carboxylic acids is 1. The van der Waals surface area contributed by atoms with E-state index in [0.717, 1.165) is 38.5 Å². The van der Waals surface area contributed by atoms with Gasteiger partial charge in [-0.1, -0.05) is 79.8 Å². The molecule has 0 rings (SSSR count). The molecular formula is C22H32NaO2. The third kappa shape index (κ3) is 25.3. The minimum Gasteiger partial charge on any atom is -0.481 e. The van der Waals surface area contributed by atoms with E-state index in [4.69, 9.17) is 5.11 Å². The molecule has 0 aromatic carbocycles. The fourth-order valence-electron chi connectivity index (χ4n) is 1.85. The number of rotatable bonds is 14. The topological polar surface area (TPSA) is 37.3 Å². The number of carboxylic acid groups (broad SMARTS) is 1. The molecule has 133 valence electrons. The van der Waals surface area contributed by atoms with Crippen LogP contribution in [0.2, 0.25) is 0 Å². The van der Waals surface area contributed by atoms with Gasteiger partial charge < -0.3 is 5.11 Å². The fraction of sp³-hybridized carbons (Fsp3) is 0.409. The summed E-state index contributed by atoms with van der Waals surface area (Å²) in [5, 5.41) is 8.49. The first kappa shape index (κ1) is 26.1. The van der Waals surface area contributed by atoms with Crippen molar-refractivity contribution in [1.82, 2.24) is 0 Å². The molecular weight excluding hydrogens is 319 g/mol. The number of carbonyl (C=O) groups is 1. The van der Waals surface area contributed by atoms with E-state index in [0.29, 0.717) is 6.42 Å². The summed E-state index contributed by atoms with van der Waals surface area (Å²) in [6, 6.07) is 0. The normalized spacial score (nSPS) is 12.5. The largest absolute Gasteiger partial charge is 0.481 e. The summed E-state index contributed by atoms with van der Waals surface area (Å²) in [4.78, 5) is 10.3. The average Bonchev–Trinajstić information content (AvgIpc) is 2.56. The van der Waals surface area contributed by atoms with E-state index in [1.807, 2.05) is 12.2 Å². The summed E-state index contributed by atoms with van der Waals surface area (Å²) in [5.74, 6) is -0.741. The molecule has 0 bridgehead atoms. The van der Waals surface area contributed by atoms with Gasteiger partial charge in [0.25, 0.3) is 0 Å². The summed E-state index contributed by atoms with van der Waals surface area (Å²) >= 11 is 0. The Labute approximate surface area is 176 Å². The van der Waals surface area contributed by atoms with Gasteiger partial charge in [-0.05, 0) is 44.9 Å². The van der Waals surface area contributed by atoms with Gasteiger partial charge in [0.1, 0.15) is 0 Å². The molecule has 3 heteroatoms. The molecule has 0 saturated carbocycles. The second-order valence-corrected chi connectivity index (χ2v) is 5.35. The van der Waals surface area contributed by atoms with Crippen molar-refractivity contribution >= 4 is 35.5 Å². The fourth-order valence-corrected chi connectivity index (χ4v) is 1.85. The first-order valence-electron chi connectivity index (χ1n) is 8.89. The van der Waals surface area contributed by atoms with Gasteiger partial charge in [-0.3, -0.25) is 4.79 Å². The molecule has 0 fully saturated rings. The number of hydrogen-bond acceptors (Lipinski definition) is 1. The van der Waals surface area contributed by atoms with Gasteiger partial charge in [-0.25, -0.2) is 0 Å². The monoisotopic (exact) mass is 351 g/mol. The summed E-state index contributed by atoms with van der Waals surface area (Å²) < 4.78 is 0. The van der Waals surface area contributed by atoms with Crippen molar-refractivity contribution in [3.63, 3.8) is 0 Å². The molecule has 0 aliphatic heterocycles. The van der Waals surface area contributed by atoms with E-state index in [2.05, 4.69) is 67.7 Å². The van der Waals surface area contributed by atoms with Gasteiger partial charge in [-0.2, -0.15) is 0 Å². The van der Waals surface area contributed by atoms with Crippen LogP contribution < -0.4 is 0 Å². The molecule has 0 saturated heterocycles. The average molecular weight is 351 g/mol. The standard InChI is InChI=1S/C22H32O2.Na/c1-2-3-4-5-6-7-8-9-10-11-12-13-14-15-16-17-18-19-20-21-22(23)24;/h3-4,6-7,9-10,12-13,15-16,18-19H,2,5,8,11,14,17,20-21H2,1H3,(H,23,24);. The van der Waals surface area contributed by atoms with Gasteiger partial charge >= 0.3 is 5.97 Å². The van der Waals surface area contributed by atoms with Crippen molar-refractivity contribution < 1.29 is 9.90 Å². The van der Waals surface area contributed by atoms with E-state index in [-0.39, 0.29) is 36.0 Å². The summed E-state index contributed by atoms with van der Waals surface area (Å²) in [7, 11) is 0. The molecule has 0 spiro atoms. The van der Waals surface area contributed by atoms with Crippen LogP contribution in [0, 0.1) is 0 Å². The molecule has 0 unspecified atom stereocenters. The zero-order valence-corrected chi connectivity index (χ0v) is 17.9. The molecule has 0 heterocycles. The van der Waals surface area contributed by atoms with E-state index >= 15 is 0 Å². The maximum atomic E-state index is 10.3. The van der Waals surface area contributed by atoms with Crippen molar-refractivity contribution in [2.24, 2.45) is 0 Å². The second-order valence-electron chi connectivity index (χ2n) is 5.35. The molecule has 0 aromatic heterocycles. The van der Waals surface area contributed by atoms with Gasteiger partial charge in [0.2, 0.25) is 0 Å². The van der Waals surface area contributed by atoms with Gasteiger partial charge in [0.05, 0.1) is 0 Å². The summed E-state index contributed by atoms with van der Waals surface area (Å²) in [6.07, 6.45) is 32.5. The first-order chi connectivity index (χ1) is 11.8. The first-order valence-corrected chi connectivity index (χ1v) is 8.89. The minimum atomic E-state index is -0.741. The predicted octanol–water partition coefficient (Wildman–Crippen LogP) is 6.17. The Kier molecular flexibility index (Phi) is 24.0. The molecule has 1 N–H and O–H groups in total. The maximum Gasteiger partial charge on any atom is 0.303 e. The van der Waals surface area contributed by atoms with Crippen LogP contribution in [0.3, 0.4) is 0 Å². The van der Waals surface area contributed by atoms with Crippen LogP contribution in [0.25, 0.3) is 0 Å². The van der Waals surface area contributed by atoms with Gasteiger partial charge in [0, 0.05) is 36.0 Å². The van der Waals surface area contributed by atoms with E-state index in [1.54, 1.807) is 0 Å². The van der Waals surface area contributed by atoms with Crippen LogP contribution in [-0.2, 0) is 4.79 Å². The van der Waals surface area contributed by atoms with Gasteiger partial charge in [0.15, 0.2) is 0 Å². The Morgan fingerprint density at radius 2 is 0.960 bits per heavy atom. The van der Waals surface area contributed by atoms with Crippen molar-refractivity contribution in [3.8, 4) is 0 Å². The van der Waals surface area contributed by atoms with Crippen LogP contribution >= 0.6 is 0 Å². The van der Waals surface area contributed by atoms with Crippen LogP contribution in [-0.4, -0.2) is 40.6 Å². The smallest absolute Gasteiger partial charge is 0.303 e. The van der Waals surface area contributed by atoms with E-state index in [9.17, 15) is 4.79 Å². The zero-order chi connectivity index (χ0) is 17.7. The molecule has 2 nitrogen and oxygen atoms in total. The van der Waals surface area contributed by atoms with Crippen LogP contribution in [0.4, 0.5) is 0 Å². The number of aliphatic carboxylic acids is 1. The Morgan fingerprint density at radius 1 is 0.640 bits per heavy atom. The van der Waals surface area contributed by atoms with E-state index < -0.39 is 5.97 Å². The summed E-state index contributed by atoms with van der Waals surface area (Å²) in [5.41, 5.74) is 0. The molecule has 0 aliphatic rings. The van der Waals surface area contributed by atoms with Crippen molar-refractivity contribution in [2.45, 2.75) is 58.3 Å². The second kappa shape index (κ2) is 22.9. The van der Waals surface area contributed by atoms with Crippen LogP contribution in [0.5, 0.6) is 0 Å². The third-order valence-corrected chi connectivity index (χ3v) is 3.12. The molecule has 0 aromatic rings. The third-order valence-electron chi connectivity index (χ3n) is 3.12. The molecule has 25 heavy (non-hydrogen) atoms. The van der Waals surface area contributed by atoms with Crippen LogP contribution in [0.1, 0.15) is 58.3 Å². The Hall–Kier alpha value is -1.09. The van der Waals surface area contributed by atoms with Crippen molar-refractivity contribution in [1.29, 1.82) is 0 Å². The molecule has 0 atom stereocenters. The van der Waals surface area contributed by atoms with Gasteiger partial charge in [-0.15, -0.1) is 0 Å². The summed E-state index contributed by atoms with van der Waals surface area (Å²) in [6.45, 7) is 2.15. The van der Waals surface area contributed by atoms with Crippen molar-refractivity contribution in [3.05, 3.63) is 72.9 Å². The number of allylic oxidation sites excluding steroid dienone is 12. The Balaban J connectivity index is 0. The molecule has 0 amide bonds. The molecule has 1 radical (unpaired) electrons. The Morgan fingerprint density at radius 3 is 1.28 bits per heavy atom. The number of hydrogen-bond donors (Lipinski definition) is 1. The quantitative estimate of drug-likeness (QED) is 0.300. The van der Waals surface area contributed by atoms with E-state index in [1.165, 1.54) is 0 Å². The SMILES string of the molecule is CCC=CCC=CCC=CCC=CCC=CCC=CCCC(=O)O.[Na]. The minimum absolute atomic E-state index is 0. The maximum absolute atomic E-state index is 10.3. The van der Waals surface area contributed by atoms with Crippen LogP contribution in [0.15, 0.2) is 72.9 Å². The van der Waals surface area contributed by atoms with Crippen molar-refractivity contribution in [2.75, 3.05) is 0 Å².